The summed E-state index contributed by atoms with van der Waals surface area (Å²) in [5.74, 6) is 0.437. The van der Waals surface area contributed by atoms with E-state index >= 15 is 0 Å². The Labute approximate surface area is 188 Å². The summed E-state index contributed by atoms with van der Waals surface area (Å²) < 4.78 is 7.51. The van der Waals surface area contributed by atoms with Gasteiger partial charge < -0.3 is 14.3 Å². The summed E-state index contributed by atoms with van der Waals surface area (Å²) in [5.41, 5.74) is 3.82. The number of carbonyl (C=O) groups excluding carboxylic acids is 2. The molecule has 1 fully saturated rings. The highest BCUT2D eigenvalue weighted by Crippen LogP contribution is 2.38. The van der Waals surface area contributed by atoms with E-state index in [1.807, 2.05) is 49.6 Å². The lowest BCUT2D eigenvalue weighted by Crippen LogP contribution is -2.65. The van der Waals surface area contributed by atoms with Gasteiger partial charge in [-0.05, 0) is 69.6 Å². The molecule has 2 aromatic heterocycles. The van der Waals surface area contributed by atoms with Crippen LogP contribution in [0.25, 0.3) is 11.1 Å². The van der Waals surface area contributed by atoms with Gasteiger partial charge in [-0.15, -0.1) is 0 Å². The molecular formula is C26H31N3O3. The molecule has 1 atom stereocenters. The molecule has 0 unspecified atom stereocenters. The first-order valence-corrected chi connectivity index (χ1v) is 11.6. The average Bonchev–Trinajstić information content (AvgIpc) is 3.35. The van der Waals surface area contributed by atoms with Crippen LogP contribution >= 0.6 is 0 Å². The molecule has 1 aromatic carbocycles. The predicted molar refractivity (Wildman–Crippen MR) is 125 cm³/mol. The Morgan fingerprint density at radius 1 is 1.12 bits per heavy atom. The van der Waals surface area contributed by atoms with Crippen LogP contribution in [0.5, 0.6) is 0 Å². The Morgan fingerprint density at radius 2 is 1.88 bits per heavy atom. The first-order chi connectivity index (χ1) is 15.3. The minimum atomic E-state index is -1.06. The molecule has 0 bridgehead atoms. The number of aromatic nitrogens is 1. The lowest BCUT2D eigenvalue weighted by atomic mass is 9.86. The van der Waals surface area contributed by atoms with Gasteiger partial charge in [-0.2, -0.15) is 0 Å². The molecule has 5 rings (SSSR count). The molecule has 0 radical (unpaired) electrons. The largest absolute Gasteiger partial charge is 0.463 e. The van der Waals surface area contributed by atoms with E-state index in [1.54, 1.807) is 17.2 Å². The number of nitrogens with one attached hydrogen (secondary N) is 1. The van der Waals surface area contributed by atoms with Crippen molar-refractivity contribution in [3.8, 4) is 0 Å². The zero-order valence-corrected chi connectivity index (χ0v) is 19.3. The Morgan fingerprint density at radius 3 is 2.62 bits per heavy atom. The van der Waals surface area contributed by atoms with Crippen molar-refractivity contribution in [2.75, 3.05) is 4.90 Å². The minimum Gasteiger partial charge on any atom is -0.463 e. The summed E-state index contributed by atoms with van der Waals surface area (Å²) in [6.07, 6.45) is 5.85. The Kier molecular flexibility index (Phi) is 4.91. The molecule has 3 aromatic rings. The highest BCUT2D eigenvalue weighted by Gasteiger charge is 2.49. The van der Waals surface area contributed by atoms with Crippen LogP contribution in [0.3, 0.4) is 0 Å². The second-order valence-electron chi connectivity index (χ2n) is 9.92. The number of hydrogen-bond donors (Lipinski definition) is 1. The first kappa shape index (κ1) is 20.9. The van der Waals surface area contributed by atoms with Crippen LogP contribution in [0, 0.1) is 19.8 Å². The molecule has 1 aliphatic heterocycles. The van der Waals surface area contributed by atoms with E-state index in [0.29, 0.717) is 23.7 Å². The van der Waals surface area contributed by atoms with E-state index in [1.165, 1.54) is 0 Å². The van der Waals surface area contributed by atoms with Gasteiger partial charge in [0.25, 0.3) is 5.91 Å². The number of anilines is 1. The van der Waals surface area contributed by atoms with Gasteiger partial charge in [0.15, 0.2) is 5.58 Å². The molecular weight excluding hydrogens is 402 g/mol. The van der Waals surface area contributed by atoms with E-state index in [2.05, 4.69) is 12.2 Å². The van der Waals surface area contributed by atoms with Crippen molar-refractivity contribution in [2.24, 2.45) is 5.92 Å². The normalized spacial score (nSPS) is 25.8. The van der Waals surface area contributed by atoms with Crippen LogP contribution in [0.4, 0.5) is 5.69 Å². The van der Waals surface area contributed by atoms with Crippen molar-refractivity contribution in [1.29, 1.82) is 0 Å². The Hall–Kier alpha value is -3.02. The first-order valence-electron chi connectivity index (χ1n) is 11.6. The molecule has 2 aliphatic rings. The molecule has 1 aliphatic carbocycles. The van der Waals surface area contributed by atoms with Crippen LogP contribution in [0.2, 0.25) is 0 Å². The van der Waals surface area contributed by atoms with Gasteiger partial charge in [-0.25, -0.2) is 0 Å². The molecule has 2 amide bonds. The Balaban J connectivity index is 1.59. The van der Waals surface area contributed by atoms with E-state index in [0.717, 1.165) is 48.0 Å². The van der Waals surface area contributed by atoms with Crippen LogP contribution in [0.15, 0.2) is 41.0 Å². The van der Waals surface area contributed by atoms with Crippen molar-refractivity contribution in [3.63, 3.8) is 0 Å². The standard InChI is InChI=1S/C26H31N3O3/c1-16-6-9-19(10-7-16)27-25(31)26(4)15-28-20-11-12-32-23(20)14-22(28)24(30)29(26)21-13-17(2)5-8-18(21)3/h5,8,11-14,16,19H,6-7,9-10,15H2,1-4H3,(H,27,31)/t16?,19?,26-/m1/s1. The molecule has 3 heterocycles. The van der Waals surface area contributed by atoms with Crippen LogP contribution in [-0.4, -0.2) is 28.0 Å². The number of aryl methyl sites for hydroxylation is 2. The van der Waals surface area contributed by atoms with Gasteiger partial charge in [0.2, 0.25) is 5.91 Å². The SMILES string of the molecule is Cc1ccc(C)c(N2C(=O)c3cc4occc4n3C[C@]2(C)C(=O)NC2CCC(C)CC2)c1. The summed E-state index contributed by atoms with van der Waals surface area (Å²) >= 11 is 0. The quantitative estimate of drug-likeness (QED) is 0.634. The molecule has 32 heavy (non-hydrogen) atoms. The fourth-order valence-electron chi connectivity index (χ4n) is 5.30. The second-order valence-corrected chi connectivity index (χ2v) is 9.92. The van der Waals surface area contributed by atoms with Gasteiger partial charge in [-0.3, -0.25) is 14.5 Å². The van der Waals surface area contributed by atoms with Crippen molar-refractivity contribution < 1.29 is 14.0 Å². The topological polar surface area (TPSA) is 67.5 Å². The highest BCUT2D eigenvalue weighted by atomic mass is 16.3. The van der Waals surface area contributed by atoms with E-state index < -0.39 is 5.54 Å². The minimum absolute atomic E-state index is 0.0951. The molecule has 0 saturated heterocycles. The molecule has 0 spiro atoms. The molecule has 6 heteroatoms. The maximum atomic E-state index is 13.9. The van der Waals surface area contributed by atoms with Crippen LogP contribution in [-0.2, 0) is 11.3 Å². The lowest BCUT2D eigenvalue weighted by molar-refractivity contribution is -0.127. The maximum Gasteiger partial charge on any atom is 0.276 e. The number of rotatable bonds is 3. The van der Waals surface area contributed by atoms with Gasteiger partial charge in [0.05, 0.1) is 18.3 Å². The fourth-order valence-corrected chi connectivity index (χ4v) is 5.30. The summed E-state index contributed by atoms with van der Waals surface area (Å²) in [6, 6.07) is 9.85. The third-order valence-electron chi connectivity index (χ3n) is 7.35. The van der Waals surface area contributed by atoms with Crippen molar-refractivity contribution in [2.45, 2.75) is 71.5 Å². The van der Waals surface area contributed by atoms with Crippen molar-refractivity contribution >= 4 is 28.6 Å². The lowest BCUT2D eigenvalue weighted by Gasteiger charge is -2.45. The third-order valence-corrected chi connectivity index (χ3v) is 7.35. The number of fused-ring (bicyclic) bond motifs is 3. The number of furan rings is 1. The molecule has 1 saturated carbocycles. The number of benzene rings is 1. The van der Waals surface area contributed by atoms with E-state index in [9.17, 15) is 9.59 Å². The maximum absolute atomic E-state index is 13.9. The molecule has 1 N–H and O–H groups in total. The zero-order valence-electron chi connectivity index (χ0n) is 19.3. The van der Waals surface area contributed by atoms with E-state index in [4.69, 9.17) is 4.42 Å². The second kappa shape index (κ2) is 7.54. The van der Waals surface area contributed by atoms with Gasteiger partial charge in [-0.1, -0.05) is 19.1 Å². The summed E-state index contributed by atoms with van der Waals surface area (Å²) in [7, 11) is 0. The summed E-state index contributed by atoms with van der Waals surface area (Å²) in [6.45, 7) is 8.53. The number of nitrogens with zero attached hydrogens (tertiary/aromatic N) is 2. The molecule has 6 nitrogen and oxygen atoms in total. The smallest absolute Gasteiger partial charge is 0.276 e. The zero-order chi connectivity index (χ0) is 22.6. The average molecular weight is 434 g/mol. The number of hydrogen-bond acceptors (Lipinski definition) is 3. The van der Waals surface area contributed by atoms with Crippen LogP contribution < -0.4 is 10.2 Å². The third kappa shape index (κ3) is 3.24. The summed E-state index contributed by atoms with van der Waals surface area (Å²) in [4.78, 5) is 29.5. The number of amides is 2. The van der Waals surface area contributed by atoms with Gasteiger partial charge in [0, 0.05) is 23.9 Å². The predicted octanol–water partition coefficient (Wildman–Crippen LogP) is 4.97. The number of carbonyl (C=O) groups is 2. The van der Waals surface area contributed by atoms with Gasteiger partial charge >= 0.3 is 0 Å². The molecule has 168 valence electrons. The van der Waals surface area contributed by atoms with E-state index in [-0.39, 0.29) is 17.9 Å². The van der Waals surface area contributed by atoms with Crippen molar-refractivity contribution in [3.05, 3.63) is 53.4 Å². The van der Waals surface area contributed by atoms with Crippen LogP contribution in [0.1, 0.15) is 61.1 Å². The highest BCUT2D eigenvalue weighted by molar-refractivity contribution is 6.14. The van der Waals surface area contributed by atoms with Crippen molar-refractivity contribution in [1.82, 2.24) is 9.88 Å². The summed E-state index contributed by atoms with van der Waals surface area (Å²) in [5, 5.41) is 3.30. The van der Waals surface area contributed by atoms with Gasteiger partial charge in [0.1, 0.15) is 11.2 Å². The monoisotopic (exact) mass is 433 g/mol. The fraction of sp³-hybridized carbons (Fsp3) is 0.462. The Bertz CT molecular complexity index is 1200.